The lowest BCUT2D eigenvalue weighted by molar-refractivity contribution is -0.0494. The second kappa shape index (κ2) is 7.50. The molecule has 23 heavy (non-hydrogen) atoms. The zero-order valence-corrected chi connectivity index (χ0v) is 12.8. The number of hydrogen-bond acceptors (Lipinski definition) is 5. The van der Waals surface area contributed by atoms with Crippen molar-refractivity contribution in [2.75, 3.05) is 13.1 Å². The quantitative estimate of drug-likeness (QED) is 0.839. The minimum atomic E-state index is -2.89. The Labute approximate surface area is 133 Å². The van der Waals surface area contributed by atoms with Crippen molar-refractivity contribution in [2.45, 2.75) is 38.8 Å². The fourth-order valence-electron chi connectivity index (χ4n) is 2.76. The molecule has 0 aliphatic carbocycles. The number of halogens is 2. The van der Waals surface area contributed by atoms with Crippen molar-refractivity contribution in [3.8, 4) is 17.1 Å². The average molecular weight is 323 g/mol. The molecule has 0 bridgehead atoms. The van der Waals surface area contributed by atoms with Crippen LogP contribution in [0.5, 0.6) is 5.75 Å². The number of ether oxygens (including phenoxy) is 1. The summed E-state index contributed by atoms with van der Waals surface area (Å²) in [7, 11) is 0. The molecule has 2 heterocycles. The number of rotatable bonds is 5. The predicted molar refractivity (Wildman–Crippen MR) is 80.1 cm³/mol. The van der Waals surface area contributed by atoms with Gasteiger partial charge in [0.25, 0.3) is 0 Å². The molecule has 1 fully saturated rings. The molecule has 7 heteroatoms. The maximum atomic E-state index is 12.5. The first-order valence-corrected chi connectivity index (χ1v) is 7.81. The van der Waals surface area contributed by atoms with Crippen LogP contribution in [0, 0.1) is 0 Å². The summed E-state index contributed by atoms with van der Waals surface area (Å²) in [6, 6.07) is 6.45. The van der Waals surface area contributed by atoms with Crippen LogP contribution in [0.3, 0.4) is 0 Å². The van der Waals surface area contributed by atoms with Crippen LogP contribution >= 0.6 is 0 Å². The molecular formula is C16H19F2N3O2. The lowest BCUT2D eigenvalue weighted by Crippen LogP contribution is -2.24. The van der Waals surface area contributed by atoms with E-state index in [9.17, 15) is 8.78 Å². The summed E-state index contributed by atoms with van der Waals surface area (Å²) in [4.78, 5) is 6.61. The number of aromatic nitrogens is 2. The predicted octanol–water partition coefficient (Wildman–Crippen LogP) is 3.71. The molecule has 1 aliphatic heterocycles. The van der Waals surface area contributed by atoms with E-state index in [2.05, 4.69) is 19.8 Å². The molecule has 3 rings (SSSR count). The van der Waals surface area contributed by atoms with Crippen LogP contribution in [0.2, 0.25) is 0 Å². The van der Waals surface area contributed by atoms with Gasteiger partial charge in [-0.05, 0) is 38.1 Å². The summed E-state index contributed by atoms with van der Waals surface area (Å²) < 4.78 is 34.7. The minimum absolute atomic E-state index is 0.0459. The smallest absolute Gasteiger partial charge is 0.387 e. The van der Waals surface area contributed by atoms with Crippen LogP contribution in [0.4, 0.5) is 8.78 Å². The van der Waals surface area contributed by atoms with Gasteiger partial charge in [-0.1, -0.05) is 30.1 Å². The van der Waals surface area contributed by atoms with E-state index in [-0.39, 0.29) is 11.6 Å². The normalized spacial score (nSPS) is 16.5. The maximum Gasteiger partial charge on any atom is 0.387 e. The van der Waals surface area contributed by atoms with Gasteiger partial charge in [0.15, 0.2) is 0 Å². The summed E-state index contributed by atoms with van der Waals surface area (Å²) >= 11 is 0. The van der Waals surface area contributed by atoms with E-state index >= 15 is 0 Å². The monoisotopic (exact) mass is 323 g/mol. The van der Waals surface area contributed by atoms with Crippen molar-refractivity contribution in [2.24, 2.45) is 0 Å². The Hall–Kier alpha value is -2.02. The van der Waals surface area contributed by atoms with Crippen molar-refractivity contribution in [3.05, 3.63) is 30.2 Å². The molecule has 1 aliphatic rings. The molecule has 1 aromatic carbocycles. The van der Waals surface area contributed by atoms with Crippen LogP contribution in [-0.2, 0) is 6.54 Å². The van der Waals surface area contributed by atoms with Gasteiger partial charge in [0, 0.05) is 0 Å². The third kappa shape index (κ3) is 4.25. The zero-order valence-electron chi connectivity index (χ0n) is 12.8. The number of benzene rings is 1. The molecule has 0 amide bonds. The van der Waals surface area contributed by atoms with Crippen molar-refractivity contribution in [1.82, 2.24) is 15.0 Å². The van der Waals surface area contributed by atoms with E-state index in [4.69, 9.17) is 4.52 Å². The van der Waals surface area contributed by atoms with Gasteiger partial charge in [-0.15, -0.1) is 0 Å². The lowest BCUT2D eigenvalue weighted by Gasteiger charge is -2.16. The number of alkyl halides is 2. The van der Waals surface area contributed by atoms with Gasteiger partial charge in [0.2, 0.25) is 11.7 Å². The average Bonchev–Trinajstić information content (AvgIpc) is 2.83. The van der Waals surface area contributed by atoms with Gasteiger partial charge < -0.3 is 9.26 Å². The third-order valence-electron chi connectivity index (χ3n) is 3.87. The zero-order chi connectivity index (χ0) is 16.1. The van der Waals surface area contributed by atoms with Gasteiger partial charge >= 0.3 is 6.61 Å². The van der Waals surface area contributed by atoms with Gasteiger partial charge in [-0.2, -0.15) is 13.8 Å². The van der Waals surface area contributed by atoms with E-state index in [0.29, 0.717) is 18.0 Å². The first-order valence-electron chi connectivity index (χ1n) is 7.81. The van der Waals surface area contributed by atoms with Crippen molar-refractivity contribution in [3.63, 3.8) is 0 Å². The number of likely N-dealkylation sites (tertiary alicyclic amines) is 1. The van der Waals surface area contributed by atoms with Crippen LogP contribution in [0.25, 0.3) is 11.4 Å². The molecule has 2 aromatic rings. The van der Waals surface area contributed by atoms with Crippen LogP contribution in [0.15, 0.2) is 28.8 Å². The van der Waals surface area contributed by atoms with E-state index in [1.807, 2.05) is 0 Å². The van der Waals surface area contributed by atoms with Crippen LogP contribution in [0.1, 0.15) is 31.6 Å². The molecule has 0 N–H and O–H groups in total. The van der Waals surface area contributed by atoms with E-state index in [1.54, 1.807) is 18.2 Å². The highest BCUT2D eigenvalue weighted by atomic mass is 19.3. The largest absolute Gasteiger partial charge is 0.434 e. The fourth-order valence-corrected chi connectivity index (χ4v) is 2.76. The van der Waals surface area contributed by atoms with Gasteiger partial charge in [0.05, 0.1) is 12.1 Å². The molecule has 0 spiro atoms. The highest BCUT2D eigenvalue weighted by molar-refractivity contribution is 5.63. The Bertz CT molecular complexity index is 625. The maximum absolute atomic E-state index is 12.5. The van der Waals surface area contributed by atoms with Crippen molar-refractivity contribution >= 4 is 0 Å². The molecule has 5 nitrogen and oxygen atoms in total. The first-order chi connectivity index (χ1) is 11.2. The number of nitrogens with zero attached hydrogens (tertiary/aromatic N) is 3. The van der Waals surface area contributed by atoms with Crippen LogP contribution in [-0.4, -0.2) is 34.7 Å². The molecule has 0 radical (unpaired) electrons. The van der Waals surface area contributed by atoms with Crippen LogP contribution < -0.4 is 4.74 Å². The van der Waals surface area contributed by atoms with E-state index in [1.165, 1.54) is 31.7 Å². The summed E-state index contributed by atoms with van der Waals surface area (Å²) in [6.45, 7) is -0.268. The highest BCUT2D eigenvalue weighted by Crippen LogP contribution is 2.29. The number of hydrogen-bond donors (Lipinski definition) is 0. The SMILES string of the molecule is FC(F)Oc1ccccc1-c1noc(CN2CCCCCC2)n1. The molecule has 0 unspecified atom stereocenters. The molecule has 0 atom stereocenters. The molecule has 124 valence electrons. The van der Waals surface area contributed by atoms with Crippen molar-refractivity contribution in [1.29, 1.82) is 0 Å². The summed E-state index contributed by atoms with van der Waals surface area (Å²) in [6.07, 6.45) is 4.85. The Morgan fingerprint density at radius 2 is 1.87 bits per heavy atom. The highest BCUT2D eigenvalue weighted by Gasteiger charge is 2.18. The Kier molecular flexibility index (Phi) is 5.17. The minimum Gasteiger partial charge on any atom is -0.434 e. The lowest BCUT2D eigenvalue weighted by atomic mass is 10.2. The van der Waals surface area contributed by atoms with Crippen molar-refractivity contribution < 1.29 is 18.0 Å². The third-order valence-corrected chi connectivity index (χ3v) is 3.87. The molecule has 1 saturated heterocycles. The molecule has 0 saturated carbocycles. The Morgan fingerprint density at radius 3 is 2.61 bits per heavy atom. The fraction of sp³-hybridized carbons (Fsp3) is 0.500. The second-order valence-electron chi connectivity index (χ2n) is 5.58. The van der Waals surface area contributed by atoms with E-state index in [0.717, 1.165) is 13.1 Å². The Morgan fingerprint density at radius 1 is 1.13 bits per heavy atom. The Balaban J connectivity index is 1.74. The summed E-state index contributed by atoms with van der Waals surface area (Å²) in [5, 5.41) is 3.91. The topological polar surface area (TPSA) is 51.4 Å². The molecule has 1 aromatic heterocycles. The van der Waals surface area contributed by atoms with E-state index < -0.39 is 6.61 Å². The standard InChI is InChI=1S/C16H19F2N3O2/c17-16(18)22-13-8-4-3-7-12(13)15-19-14(23-20-15)11-21-9-5-1-2-6-10-21/h3-4,7-8,16H,1-2,5-6,9-11H2. The summed E-state index contributed by atoms with van der Waals surface area (Å²) in [5.74, 6) is 0.810. The van der Waals surface area contributed by atoms with Gasteiger partial charge in [-0.25, -0.2) is 0 Å². The second-order valence-corrected chi connectivity index (χ2v) is 5.58. The van der Waals surface area contributed by atoms with Gasteiger partial charge in [0.1, 0.15) is 5.75 Å². The summed E-state index contributed by atoms with van der Waals surface area (Å²) in [5.41, 5.74) is 0.402. The first kappa shape index (κ1) is 15.9. The van der Waals surface area contributed by atoms with Gasteiger partial charge in [-0.3, -0.25) is 4.90 Å². The molecular weight excluding hydrogens is 304 g/mol. The number of para-hydroxylation sites is 1.